The molecule has 1 aliphatic carbocycles. The molecule has 0 radical (unpaired) electrons. The zero-order valence-electron chi connectivity index (χ0n) is 21.7. The van der Waals surface area contributed by atoms with E-state index in [2.05, 4.69) is 40.9 Å². The molecule has 208 valence electrons. The maximum Gasteiger partial charge on any atom is 0.407 e. The molecule has 1 saturated carbocycles. The van der Waals surface area contributed by atoms with Gasteiger partial charge in [-0.2, -0.15) is 0 Å². The first-order valence-electron chi connectivity index (χ1n) is 13.0. The van der Waals surface area contributed by atoms with Crippen LogP contribution in [0.25, 0.3) is 22.4 Å². The van der Waals surface area contributed by atoms with Crippen molar-refractivity contribution in [1.82, 2.24) is 35.6 Å². The number of amides is 2. The predicted octanol–water partition coefficient (Wildman–Crippen LogP) is 4.09. The third kappa shape index (κ3) is 6.30. The van der Waals surface area contributed by atoms with Crippen LogP contribution in [0.2, 0.25) is 0 Å². The van der Waals surface area contributed by atoms with Crippen molar-refractivity contribution in [2.24, 2.45) is 0 Å². The number of ether oxygens (including phenoxy) is 1. The molecule has 11 nitrogen and oxygen atoms in total. The number of rotatable bonds is 8. The van der Waals surface area contributed by atoms with Gasteiger partial charge in [0.25, 0.3) is 5.91 Å². The first-order valence-corrected chi connectivity index (χ1v) is 13.0. The van der Waals surface area contributed by atoms with Gasteiger partial charge in [-0.3, -0.25) is 9.78 Å². The molecule has 4 aromatic rings. The van der Waals surface area contributed by atoms with Crippen molar-refractivity contribution in [2.75, 3.05) is 11.9 Å². The van der Waals surface area contributed by atoms with Crippen LogP contribution in [-0.2, 0) is 11.3 Å². The molecule has 0 aliphatic heterocycles. The summed E-state index contributed by atoms with van der Waals surface area (Å²) in [6.45, 7) is 2.25. The molecule has 5 rings (SSSR count). The molecule has 0 bridgehead atoms. The van der Waals surface area contributed by atoms with Crippen LogP contribution in [0.15, 0.2) is 43.0 Å². The molecule has 1 aliphatic rings. The smallest absolute Gasteiger partial charge is 0.407 e. The molecule has 13 heteroatoms. The van der Waals surface area contributed by atoms with E-state index in [1.54, 1.807) is 25.3 Å². The van der Waals surface area contributed by atoms with Crippen molar-refractivity contribution in [2.45, 2.75) is 51.3 Å². The van der Waals surface area contributed by atoms with E-state index in [0.29, 0.717) is 35.1 Å². The fourth-order valence-corrected chi connectivity index (χ4v) is 4.70. The minimum Gasteiger partial charge on any atom is -0.445 e. The summed E-state index contributed by atoms with van der Waals surface area (Å²) in [4.78, 5) is 44.0. The molecule has 0 aromatic carbocycles. The highest BCUT2D eigenvalue weighted by atomic mass is 19.1. The van der Waals surface area contributed by atoms with E-state index in [9.17, 15) is 18.4 Å². The Morgan fingerprint density at radius 2 is 1.98 bits per heavy atom. The molecular formula is C27H28F2N8O3. The topological polar surface area (TPSA) is 147 Å². The number of hydrogen-bond acceptors (Lipinski definition) is 8. The van der Waals surface area contributed by atoms with Crippen LogP contribution in [0, 0.1) is 11.6 Å². The third-order valence-electron chi connectivity index (χ3n) is 6.58. The first kappa shape index (κ1) is 26.9. The molecule has 4 heterocycles. The van der Waals surface area contributed by atoms with Crippen molar-refractivity contribution in [1.29, 1.82) is 0 Å². The van der Waals surface area contributed by atoms with E-state index < -0.39 is 17.7 Å². The van der Waals surface area contributed by atoms with Gasteiger partial charge >= 0.3 is 6.09 Å². The number of nitrogens with one attached hydrogen (secondary N) is 4. The molecule has 2 unspecified atom stereocenters. The summed E-state index contributed by atoms with van der Waals surface area (Å²) in [6.07, 6.45) is 7.62. The molecule has 4 aromatic heterocycles. The Labute approximate surface area is 228 Å². The summed E-state index contributed by atoms with van der Waals surface area (Å²) >= 11 is 0. The Bertz CT molecular complexity index is 1530. The Hall–Kier alpha value is -4.68. The second kappa shape index (κ2) is 12.0. The lowest BCUT2D eigenvalue weighted by atomic mass is 9.91. The minimum absolute atomic E-state index is 0.0144. The molecule has 0 saturated heterocycles. The van der Waals surface area contributed by atoms with Crippen LogP contribution in [0.4, 0.5) is 19.4 Å². The second-order valence-electron chi connectivity index (χ2n) is 9.48. The number of aromatic nitrogens is 5. The largest absolute Gasteiger partial charge is 0.445 e. The van der Waals surface area contributed by atoms with E-state index >= 15 is 0 Å². The van der Waals surface area contributed by atoms with Gasteiger partial charge in [-0.25, -0.2) is 28.5 Å². The fraction of sp³-hybridized carbons (Fsp3) is 0.333. The number of carbonyl (C=O) groups excluding carboxylic acids is 2. The van der Waals surface area contributed by atoms with Gasteiger partial charge in [-0.05, 0) is 56.4 Å². The molecule has 2 amide bonds. The van der Waals surface area contributed by atoms with Gasteiger partial charge in [0.15, 0.2) is 17.5 Å². The predicted molar refractivity (Wildman–Crippen MR) is 142 cm³/mol. The van der Waals surface area contributed by atoms with Gasteiger partial charge in [-0.1, -0.05) is 0 Å². The highest BCUT2D eigenvalue weighted by Gasteiger charge is 2.25. The molecule has 4 N–H and O–H groups in total. The number of alkyl carbamates (subject to hydrolysis) is 1. The van der Waals surface area contributed by atoms with E-state index in [-0.39, 0.29) is 41.9 Å². The quantitative estimate of drug-likeness (QED) is 0.257. The normalized spacial score (nSPS) is 16.9. The second-order valence-corrected chi connectivity index (χ2v) is 9.48. The van der Waals surface area contributed by atoms with Crippen LogP contribution in [0.5, 0.6) is 0 Å². The number of pyridine rings is 2. The van der Waals surface area contributed by atoms with Crippen molar-refractivity contribution in [3.8, 4) is 11.4 Å². The minimum atomic E-state index is -0.616. The number of nitrogens with zero attached hydrogens (tertiary/aromatic N) is 4. The summed E-state index contributed by atoms with van der Waals surface area (Å²) in [6, 6.07) is 4.26. The fourth-order valence-electron chi connectivity index (χ4n) is 4.70. The molecule has 1 fully saturated rings. The Balaban J connectivity index is 1.23. The highest BCUT2D eigenvalue weighted by Crippen LogP contribution is 2.28. The van der Waals surface area contributed by atoms with E-state index in [1.807, 2.05) is 0 Å². The lowest BCUT2D eigenvalue weighted by Crippen LogP contribution is -2.42. The standard InChI is InChI=1S/C27H28F2N8O3/c1-2-30-27(39)40-14-15-6-7-31-22(8-15)26(38)36-18-5-3-4-17(10-18)35-25-21(29)13-34-24(37-25)20-12-33-23-19(20)9-16(28)11-32-23/h6-9,11-13,17-18H,2-5,10,14H2,1H3,(H,30,39)(H,32,33)(H,36,38)(H,34,35,37). The average molecular weight is 551 g/mol. The summed E-state index contributed by atoms with van der Waals surface area (Å²) in [5, 5.41) is 9.19. The number of carbonyl (C=O) groups is 2. The molecule has 0 spiro atoms. The van der Waals surface area contributed by atoms with Crippen molar-refractivity contribution >= 4 is 28.9 Å². The van der Waals surface area contributed by atoms with Crippen molar-refractivity contribution in [3.05, 3.63) is 65.9 Å². The van der Waals surface area contributed by atoms with Gasteiger partial charge in [0.2, 0.25) is 0 Å². The Morgan fingerprint density at radius 1 is 1.12 bits per heavy atom. The Morgan fingerprint density at radius 3 is 2.83 bits per heavy atom. The number of H-pyrrole nitrogens is 1. The molecule has 40 heavy (non-hydrogen) atoms. The summed E-state index contributed by atoms with van der Waals surface area (Å²) in [5.74, 6) is -1.21. The molecular weight excluding hydrogens is 522 g/mol. The van der Waals surface area contributed by atoms with E-state index in [4.69, 9.17) is 4.74 Å². The highest BCUT2D eigenvalue weighted by molar-refractivity contribution is 5.93. The van der Waals surface area contributed by atoms with Crippen LogP contribution in [0.1, 0.15) is 48.7 Å². The number of fused-ring (bicyclic) bond motifs is 1. The van der Waals surface area contributed by atoms with Gasteiger partial charge in [-0.15, -0.1) is 0 Å². The number of halogens is 2. The summed E-state index contributed by atoms with van der Waals surface area (Å²) in [7, 11) is 0. The van der Waals surface area contributed by atoms with Crippen molar-refractivity contribution in [3.63, 3.8) is 0 Å². The van der Waals surface area contributed by atoms with E-state index in [0.717, 1.165) is 31.7 Å². The maximum absolute atomic E-state index is 14.7. The lowest BCUT2D eigenvalue weighted by Gasteiger charge is -2.30. The maximum atomic E-state index is 14.7. The zero-order chi connectivity index (χ0) is 28.1. The third-order valence-corrected chi connectivity index (χ3v) is 6.58. The zero-order valence-corrected chi connectivity index (χ0v) is 21.7. The van der Waals surface area contributed by atoms with Crippen LogP contribution >= 0.6 is 0 Å². The van der Waals surface area contributed by atoms with Gasteiger partial charge in [0.05, 0.1) is 12.4 Å². The SMILES string of the molecule is CCNC(=O)OCc1ccnc(C(=O)NC2CCCC(Nc3nc(-c4c[nH]c5ncc(F)cc45)ncc3F)C2)c1. The number of anilines is 1. The van der Waals surface area contributed by atoms with Crippen LogP contribution < -0.4 is 16.0 Å². The average Bonchev–Trinajstić information content (AvgIpc) is 3.37. The molecule has 2 atom stereocenters. The summed E-state index contributed by atoms with van der Waals surface area (Å²) < 4.78 is 33.6. The van der Waals surface area contributed by atoms with Gasteiger partial charge < -0.3 is 25.7 Å². The van der Waals surface area contributed by atoms with Gasteiger partial charge in [0.1, 0.15) is 23.8 Å². The van der Waals surface area contributed by atoms with Crippen molar-refractivity contribution < 1.29 is 23.1 Å². The Kier molecular flexibility index (Phi) is 8.08. The van der Waals surface area contributed by atoms with E-state index in [1.165, 1.54) is 12.3 Å². The monoisotopic (exact) mass is 550 g/mol. The lowest BCUT2D eigenvalue weighted by molar-refractivity contribution is 0.0921. The van der Waals surface area contributed by atoms with Crippen LogP contribution in [0.3, 0.4) is 0 Å². The summed E-state index contributed by atoms with van der Waals surface area (Å²) in [5.41, 5.74) is 1.82. The van der Waals surface area contributed by atoms with Crippen LogP contribution in [-0.4, -0.2) is 55.5 Å². The number of hydrogen-bond donors (Lipinski definition) is 4. The number of aromatic amines is 1. The first-order chi connectivity index (χ1) is 19.4. The van der Waals surface area contributed by atoms with Gasteiger partial charge in [0, 0.05) is 42.0 Å².